The predicted molar refractivity (Wildman–Crippen MR) is 177 cm³/mol. The number of hydrogen-bond acceptors (Lipinski definition) is 8. The van der Waals surface area contributed by atoms with Crippen LogP contribution in [0.4, 0.5) is 10.1 Å². The molecule has 1 saturated carbocycles. The maximum atomic E-state index is 15.2. The van der Waals surface area contributed by atoms with Gasteiger partial charge in [0.15, 0.2) is 11.5 Å². The standard InChI is InChI=1S/C37H33ClFN3O8/c1-2-50-29-17-19(3-14-28(29)43)32-24-12-13-25-31(35(48)41(33(25)46)16-15-30(44)45)26(24)18-27-34(47)42(40-23-10-8-22(39)9-11-23)36(49)37(27,32)20-4-6-21(38)7-5-20/h3-12,14,17,25-27,31-32,40,43H,2,13,15-16,18H2,1H3,(H,44,45). The van der Waals surface area contributed by atoms with Crippen molar-refractivity contribution in [2.75, 3.05) is 18.6 Å². The van der Waals surface area contributed by atoms with Crippen molar-refractivity contribution in [1.82, 2.24) is 9.91 Å². The van der Waals surface area contributed by atoms with Gasteiger partial charge in [0.05, 0.1) is 41.9 Å². The van der Waals surface area contributed by atoms with E-state index in [-0.39, 0.29) is 37.5 Å². The highest BCUT2D eigenvalue weighted by Crippen LogP contribution is 2.64. The summed E-state index contributed by atoms with van der Waals surface area (Å²) < 4.78 is 19.6. The Labute approximate surface area is 291 Å². The van der Waals surface area contributed by atoms with Gasteiger partial charge in [0.1, 0.15) is 5.82 Å². The minimum Gasteiger partial charge on any atom is -0.504 e. The molecule has 3 fully saturated rings. The first kappa shape index (κ1) is 33.3. The number of anilines is 1. The number of allylic oxidation sites excluding steroid dienone is 2. The summed E-state index contributed by atoms with van der Waals surface area (Å²) >= 11 is 6.32. The van der Waals surface area contributed by atoms with E-state index in [1.807, 2.05) is 6.08 Å². The summed E-state index contributed by atoms with van der Waals surface area (Å²) in [5.74, 6) is -8.00. The number of hydrazine groups is 1. The molecule has 11 nitrogen and oxygen atoms in total. The van der Waals surface area contributed by atoms with Gasteiger partial charge >= 0.3 is 5.97 Å². The topological polar surface area (TPSA) is 154 Å². The van der Waals surface area contributed by atoms with E-state index in [4.69, 9.17) is 16.3 Å². The third-order valence-electron chi connectivity index (χ3n) is 10.5. The second-order valence-corrected chi connectivity index (χ2v) is 13.4. The molecule has 0 radical (unpaired) electrons. The minimum absolute atomic E-state index is 0.0283. The van der Waals surface area contributed by atoms with Gasteiger partial charge in [-0.05, 0) is 85.3 Å². The number of fused-ring (bicyclic) bond motifs is 4. The molecule has 13 heteroatoms. The lowest BCUT2D eigenvalue weighted by Gasteiger charge is -2.50. The molecule has 2 saturated heterocycles. The Hall–Kier alpha value is -5.23. The van der Waals surface area contributed by atoms with Gasteiger partial charge in [0.25, 0.3) is 11.8 Å². The molecular formula is C37H33ClFN3O8. The quantitative estimate of drug-likeness (QED) is 0.206. The number of benzene rings is 3. The van der Waals surface area contributed by atoms with Gasteiger partial charge in [-0.2, -0.15) is 5.01 Å². The molecule has 3 N–H and O–H groups in total. The highest BCUT2D eigenvalue weighted by Gasteiger charge is 2.70. The number of phenols is 1. The van der Waals surface area contributed by atoms with Crippen LogP contribution in [0.2, 0.25) is 5.02 Å². The average Bonchev–Trinajstić information content (AvgIpc) is 3.46. The number of aliphatic carboxylic acids is 1. The maximum Gasteiger partial charge on any atom is 0.305 e. The number of rotatable bonds is 9. The van der Waals surface area contributed by atoms with Gasteiger partial charge in [-0.3, -0.25) is 34.3 Å². The van der Waals surface area contributed by atoms with Crippen molar-refractivity contribution in [2.24, 2.45) is 23.7 Å². The Bertz CT molecular complexity index is 1950. The molecule has 0 bridgehead atoms. The van der Waals surface area contributed by atoms with Crippen molar-refractivity contribution in [2.45, 2.75) is 37.5 Å². The molecule has 50 heavy (non-hydrogen) atoms. The number of imide groups is 2. The van der Waals surface area contributed by atoms with Crippen molar-refractivity contribution in [3.05, 3.63) is 100 Å². The highest BCUT2D eigenvalue weighted by atomic mass is 35.5. The molecule has 3 aromatic rings. The average molecular weight is 702 g/mol. The fourth-order valence-electron chi connectivity index (χ4n) is 8.50. The van der Waals surface area contributed by atoms with Crippen molar-refractivity contribution < 1.29 is 43.3 Å². The smallest absolute Gasteiger partial charge is 0.305 e. The van der Waals surface area contributed by atoms with Gasteiger partial charge < -0.3 is 14.9 Å². The number of phenolic OH excluding ortho intramolecular Hbond substituents is 1. The summed E-state index contributed by atoms with van der Waals surface area (Å²) in [6.45, 7) is 1.72. The Morgan fingerprint density at radius 1 is 1.00 bits per heavy atom. The summed E-state index contributed by atoms with van der Waals surface area (Å²) in [4.78, 5) is 69.7. The zero-order valence-corrected chi connectivity index (χ0v) is 27.6. The van der Waals surface area contributed by atoms with Crippen LogP contribution in [0.3, 0.4) is 0 Å². The Kier molecular flexibility index (Phi) is 8.37. The zero-order chi connectivity index (χ0) is 35.5. The number of carboxylic acids is 1. The van der Waals surface area contributed by atoms with E-state index in [0.717, 1.165) is 9.91 Å². The van der Waals surface area contributed by atoms with Gasteiger partial charge in [-0.1, -0.05) is 41.4 Å². The number of hydrogen-bond donors (Lipinski definition) is 3. The SMILES string of the molecule is CCOc1cc(C2C3=CCC4C(=O)N(CCC(=O)O)C(=O)C4C3CC3C(=O)N(Nc4ccc(F)cc4)C(=O)C32c2ccc(Cl)cc2)ccc1O. The fraction of sp³-hybridized carbons (Fsp3) is 0.324. The number of carbonyl (C=O) groups excluding carboxylic acids is 4. The van der Waals surface area contributed by atoms with E-state index in [9.17, 15) is 33.8 Å². The molecule has 2 aliphatic heterocycles. The van der Waals surface area contributed by atoms with Crippen LogP contribution < -0.4 is 10.2 Å². The van der Waals surface area contributed by atoms with Crippen LogP contribution in [0.15, 0.2) is 78.4 Å². The lowest BCUT2D eigenvalue weighted by Crippen LogP contribution is -2.53. The summed E-state index contributed by atoms with van der Waals surface area (Å²) in [6, 6.07) is 16.6. The fourth-order valence-corrected chi connectivity index (χ4v) is 8.63. The molecule has 4 aliphatic rings. The van der Waals surface area contributed by atoms with Gasteiger partial charge in [0, 0.05) is 17.5 Å². The summed E-state index contributed by atoms with van der Waals surface area (Å²) in [7, 11) is 0. The maximum absolute atomic E-state index is 15.2. The Balaban J connectivity index is 1.44. The van der Waals surface area contributed by atoms with Crippen molar-refractivity contribution in [3.63, 3.8) is 0 Å². The summed E-state index contributed by atoms with van der Waals surface area (Å²) in [5, 5.41) is 21.3. The van der Waals surface area contributed by atoms with Crippen molar-refractivity contribution >= 4 is 46.9 Å². The summed E-state index contributed by atoms with van der Waals surface area (Å²) in [5.41, 5.74) is 3.29. The first-order valence-electron chi connectivity index (χ1n) is 16.4. The molecule has 6 unspecified atom stereocenters. The molecule has 2 heterocycles. The number of likely N-dealkylation sites (tertiary alicyclic amines) is 1. The lowest BCUT2D eigenvalue weighted by atomic mass is 9.49. The molecule has 2 aliphatic carbocycles. The number of amides is 4. The third-order valence-corrected chi connectivity index (χ3v) is 10.8. The molecule has 3 aromatic carbocycles. The number of halogens is 2. The molecular weight excluding hydrogens is 669 g/mol. The second-order valence-electron chi connectivity index (χ2n) is 13.0. The Morgan fingerprint density at radius 3 is 2.40 bits per heavy atom. The minimum atomic E-state index is -1.60. The number of carboxylic acid groups (broad SMARTS) is 1. The third kappa shape index (κ3) is 5.12. The van der Waals surface area contributed by atoms with E-state index in [1.54, 1.807) is 43.3 Å². The van der Waals surface area contributed by atoms with Gasteiger partial charge in [-0.15, -0.1) is 0 Å². The van der Waals surface area contributed by atoms with E-state index in [1.165, 1.54) is 30.3 Å². The van der Waals surface area contributed by atoms with Crippen LogP contribution in [-0.2, 0) is 29.4 Å². The van der Waals surface area contributed by atoms with E-state index in [0.29, 0.717) is 27.4 Å². The van der Waals surface area contributed by atoms with E-state index < -0.39 is 76.8 Å². The Morgan fingerprint density at radius 2 is 1.72 bits per heavy atom. The normalized spacial score (nSPS) is 27.1. The second kappa shape index (κ2) is 12.6. The first-order chi connectivity index (χ1) is 24.0. The van der Waals surface area contributed by atoms with Crippen LogP contribution in [0.5, 0.6) is 11.5 Å². The molecule has 0 aromatic heterocycles. The first-order valence-corrected chi connectivity index (χ1v) is 16.7. The van der Waals surface area contributed by atoms with Crippen LogP contribution in [-0.4, -0.2) is 62.9 Å². The van der Waals surface area contributed by atoms with E-state index >= 15 is 4.79 Å². The summed E-state index contributed by atoms with van der Waals surface area (Å²) in [6.07, 6.45) is 1.66. The number of carbonyl (C=O) groups is 5. The largest absolute Gasteiger partial charge is 0.504 e. The molecule has 0 spiro atoms. The van der Waals surface area contributed by atoms with Gasteiger partial charge in [-0.25, -0.2) is 4.39 Å². The van der Waals surface area contributed by atoms with Crippen molar-refractivity contribution in [1.29, 1.82) is 0 Å². The van der Waals surface area contributed by atoms with Gasteiger partial charge in [0.2, 0.25) is 11.8 Å². The number of ether oxygens (including phenoxy) is 1. The lowest BCUT2D eigenvalue weighted by molar-refractivity contribution is -0.143. The van der Waals surface area contributed by atoms with Crippen LogP contribution in [0, 0.1) is 29.5 Å². The van der Waals surface area contributed by atoms with Crippen LogP contribution >= 0.6 is 11.6 Å². The number of nitrogens with zero attached hydrogens (tertiary/aromatic N) is 2. The highest BCUT2D eigenvalue weighted by molar-refractivity contribution is 6.30. The molecule has 4 amide bonds. The van der Waals surface area contributed by atoms with Crippen LogP contribution in [0.25, 0.3) is 0 Å². The predicted octanol–water partition coefficient (Wildman–Crippen LogP) is 5.04. The zero-order valence-electron chi connectivity index (χ0n) is 26.8. The molecule has 258 valence electrons. The molecule has 7 rings (SSSR count). The molecule has 6 atom stereocenters. The van der Waals surface area contributed by atoms with Crippen molar-refractivity contribution in [3.8, 4) is 11.5 Å². The van der Waals surface area contributed by atoms with Crippen LogP contribution in [0.1, 0.15) is 43.2 Å². The monoisotopic (exact) mass is 701 g/mol. The number of nitrogens with one attached hydrogen (secondary N) is 1. The number of aromatic hydroxyl groups is 1. The van der Waals surface area contributed by atoms with E-state index in [2.05, 4.69) is 5.43 Å².